The number of halogens is 1. The molecule has 0 radical (unpaired) electrons. The second-order valence-corrected chi connectivity index (χ2v) is 5.00. The summed E-state index contributed by atoms with van der Waals surface area (Å²) in [5, 5.41) is 1.43. The van der Waals surface area contributed by atoms with Gasteiger partial charge < -0.3 is 4.74 Å². The number of benzene rings is 2. The lowest BCUT2D eigenvalue weighted by Crippen LogP contribution is -2.05. The van der Waals surface area contributed by atoms with Crippen LogP contribution < -0.4 is 0 Å². The van der Waals surface area contributed by atoms with Gasteiger partial charge in [0.2, 0.25) is 0 Å². The van der Waals surface area contributed by atoms with Gasteiger partial charge in [0.15, 0.2) is 0 Å². The zero-order valence-electron chi connectivity index (χ0n) is 11.3. The van der Waals surface area contributed by atoms with Crippen molar-refractivity contribution in [3.8, 4) is 11.1 Å². The standard InChI is InChI=1S/C17H12ClNO2/c1-21-17(20)14-10-19-15-8-7-12(18)9-13(15)16(14)11-5-3-2-4-6-11/h2-10H,1H3. The molecular formula is C17H12ClNO2. The molecule has 0 aliphatic rings. The van der Waals surface area contributed by atoms with E-state index < -0.39 is 5.97 Å². The highest BCUT2D eigenvalue weighted by atomic mass is 35.5. The molecule has 0 saturated heterocycles. The van der Waals surface area contributed by atoms with E-state index in [4.69, 9.17) is 16.3 Å². The van der Waals surface area contributed by atoms with Crippen LogP contribution in [0.15, 0.2) is 54.7 Å². The van der Waals surface area contributed by atoms with Crippen molar-refractivity contribution in [3.05, 3.63) is 65.3 Å². The third-order valence-electron chi connectivity index (χ3n) is 3.30. The number of nitrogens with zero attached hydrogens (tertiary/aromatic N) is 1. The first-order valence-electron chi connectivity index (χ1n) is 6.42. The Morgan fingerprint density at radius 1 is 1.14 bits per heavy atom. The lowest BCUT2D eigenvalue weighted by Gasteiger charge is -2.11. The number of esters is 1. The van der Waals surface area contributed by atoms with Gasteiger partial charge in [0.1, 0.15) is 0 Å². The minimum absolute atomic E-state index is 0.414. The Morgan fingerprint density at radius 2 is 1.90 bits per heavy atom. The molecule has 0 unspecified atom stereocenters. The number of ether oxygens (including phenoxy) is 1. The molecule has 0 amide bonds. The molecule has 0 fully saturated rings. The molecule has 0 atom stereocenters. The van der Waals surface area contributed by atoms with Crippen LogP contribution in [0.3, 0.4) is 0 Å². The van der Waals surface area contributed by atoms with Crippen molar-refractivity contribution in [2.75, 3.05) is 7.11 Å². The van der Waals surface area contributed by atoms with Crippen molar-refractivity contribution < 1.29 is 9.53 Å². The molecule has 3 rings (SSSR count). The van der Waals surface area contributed by atoms with Crippen molar-refractivity contribution in [1.82, 2.24) is 4.98 Å². The molecule has 1 aromatic heterocycles. The Balaban J connectivity index is 2.40. The van der Waals surface area contributed by atoms with Crippen LogP contribution in [0.4, 0.5) is 0 Å². The number of carbonyl (C=O) groups is 1. The largest absolute Gasteiger partial charge is 0.465 e. The lowest BCUT2D eigenvalue weighted by atomic mass is 9.96. The number of hydrogen-bond acceptors (Lipinski definition) is 3. The zero-order valence-corrected chi connectivity index (χ0v) is 12.1. The summed E-state index contributed by atoms with van der Waals surface area (Å²) in [6.45, 7) is 0. The number of aromatic nitrogens is 1. The van der Waals surface area contributed by atoms with E-state index in [-0.39, 0.29) is 0 Å². The van der Waals surface area contributed by atoms with Gasteiger partial charge in [-0.15, -0.1) is 0 Å². The Hall–Kier alpha value is -2.39. The molecule has 0 aliphatic heterocycles. The van der Waals surface area contributed by atoms with E-state index in [9.17, 15) is 4.79 Å². The number of carbonyl (C=O) groups excluding carboxylic acids is 1. The summed E-state index contributed by atoms with van der Waals surface area (Å²) in [4.78, 5) is 16.4. The predicted molar refractivity (Wildman–Crippen MR) is 83.5 cm³/mol. The highest BCUT2D eigenvalue weighted by molar-refractivity contribution is 6.31. The zero-order chi connectivity index (χ0) is 14.8. The predicted octanol–water partition coefficient (Wildman–Crippen LogP) is 4.34. The Kier molecular flexibility index (Phi) is 3.59. The van der Waals surface area contributed by atoms with E-state index in [1.807, 2.05) is 42.5 Å². The first-order chi connectivity index (χ1) is 10.2. The van der Waals surface area contributed by atoms with Crippen molar-refractivity contribution in [3.63, 3.8) is 0 Å². The van der Waals surface area contributed by atoms with Crippen LogP contribution in [0.25, 0.3) is 22.0 Å². The van der Waals surface area contributed by atoms with Crippen LogP contribution >= 0.6 is 11.6 Å². The average molecular weight is 298 g/mol. The van der Waals surface area contributed by atoms with Gasteiger partial charge in [0.05, 0.1) is 18.2 Å². The second-order valence-electron chi connectivity index (χ2n) is 4.57. The van der Waals surface area contributed by atoms with Crippen LogP contribution in [0.5, 0.6) is 0 Å². The topological polar surface area (TPSA) is 39.2 Å². The third-order valence-corrected chi connectivity index (χ3v) is 3.53. The minimum atomic E-state index is -0.414. The second kappa shape index (κ2) is 5.54. The Bertz CT molecular complexity index is 816. The molecule has 3 aromatic rings. The normalized spacial score (nSPS) is 10.6. The van der Waals surface area contributed by atoms with Gasteiger partial charge in [-0.1, -0.05) is 41.9 Å². The molecule has 1 heterocycles. The number of fused-ring (bicyclic) bond motifs is 1. The van der Waals surface area contributed by atoms with Gasteiger partial charge in [-0.25, -0.2) is 4.79 Å². The fourth-order valence-corrected chi connectivity index (χ4v) is 2.52. The quantitative estimate of drug-likeness (QED) is 0.660. The van der Waals surface area contributed by atoms with Crippen LogP contribution in [0, 0.1) is 0 Å². The molecule has 104 valence electrons. The van der Waals surface area contributed by atoms with Gasteiger partial charge >= 0.3 is 5.97 Å². The van der Waals surface area contributed by atoms with Crippen molar-refractivity contribution >= 4 is 28.5 Å². The van der Waals surface area contributed by atoms with Crippen LogP contribution in [-0.2, 0) is 4.74 Å². The third kappa shape index (κ3) is 2.48. The summed E-state index contributed by atoms with van der Waals surface area (Å²) in [7, 11) is 1.36. The molecule has 21 heavy (non-hydrogen) atoms. The molecule has 4 heteroatoms. The maximum atomic E-state index is 12.0. The molecule has 2 aromatic carbocycles. The SMILES string of the molecule is COC(=O)c1cnc2ccc(Cl)cc2c1-c1ccccc1. The maximum absolute atomic E-state index is 12.0. The average Bonchev–Trinajstić information content (AvgIpc) is 2.53. The summed E-state index contributed by atoms with van der Waals surface area (Å²) in [5.74, 6) is -0.414. The van der Waals surface area contributed by atoms with Crippen LogP contribution in [0.2, 0.25) is 5.02 Å². The van der Waals surface area contributed by atoms with E-state index in [2.05, 4.69) is 4.98 Å². The van der Waals surface area contributed by atoms with Gasteiger partial charge in [-0.3, -0.25) is 4.98 Å². The molecule has 0 saturated carbocycles. The highest BCUT2D eigenvalue weighted by Gasteiger charge is 2.17. The number of pyridine rings is 1. The van der Waals surface area contributed by atoms with Crippen molar-refractivity contribution in [1.29, 1.82) is 0 Å². The highest BCUT2D eigenvalue weighted by Crippen LogP contribution is 2.32. The van der Waals surface area contributed by atoms with Crippen LogP contribution in [-0.4, -0.2) is 18.1 Å². The van der Waals surface area contributed by atoms with Crippen molar-refractivity contribution in [2.24, 2.45) is 0 Å². The maximum Gasteiger partial charge on any atom is 0.340 e. The molecule has 3 nitrogen and oxygen atoms in total. The monoisotopic (exact) mass is 297 g/mol. The van der Waals surface area contributed by atoms with Crippen LogP contribution in [0.1, 0.15) is 10.4 Å². The fraction of sp³-hybridized carbons (Fsp3) is 0.0588. The molecule has 0 N–H and O–H groups in total. The van der Waals surface area contributed by atoms with E-state index in [1.54, 1.807) is 12.3 Å². The van der Waals surface area contributed by atoms with E-state index in [0.717, 1.165) is 22.0 Å². The summed E-state index contributed by atoms with van der Waals surface area (Å²) >= 11 is 6.10. The molecule has 0 spiro atoms. The molecular weight excluding hydrogens is 286 g/mol. The van der Waals surface area contributed by atoms with E-state index in [1.165, 1.54) is 7.11 Å². The summed E-state index contributed by atoms with van der Waals surface area (Å²) in [6.07, 6.45) is 1.55. The smallest absolute Gasteiger partial charge is 0.340 e. The van der Waals surface area contributed by atoms with Gasteiger partial charge in [0.25, 0.3) is 0 Å². The number of methoxy groups -OCH3 is 1. The van der Waals surface area contributed by atoms with Gasteiger partial charge in [0, 0.05) is 22.2 Å². The number of hydrogen-bond donors (Lipinski definition) is 0. The summed E-state index contributed by atoms with van der Waals surface area (Å²) < 4.78 is 4.87. The molecule has 0 bridgehead atoms. The fourth-order valence-electron chi connectivity index (χ4n) is 2.35. The summed E-state index contributed by atoms with van der Waals surface area (Å²) in [5.41, 5.74) is 2.92. The number of rotatable bonds is 2. The van der Waals surface area contributed by atoms with Gasteiger partial charge in [-0.2, -0.15) is 0 Å². The minimum Gasteiger partial charge on any atom is -0.465 e. The first-order valence-corrected chi connectivity index (χ1v) is 6.80. The Labute approximate surface area is 127 Å². The Morgan fingerprint density at radius 3 is 2.62 bits per heavy atom. The first kappa shape index (κ1) is 13.6. The van der Waals surface area contributed by atoms with E-state index in [0.29, 0.717) is 10.6 Å². The van der Waals surface area contributed by atoms with Gasteiger partial charge in [-0.05, 0) is 23.8 Å². The lowest BCUT2D eigenvalue weighted by molar-refractivity contribution is 0.0601. The summed E-state index contributed by atoms with van der Waals surface area (Å²) in [6, 6.07) is 15.1. The molecule has 0 aliphatic carbocycles. The van der Waals surface area contributed by atoms with Crippen molar-refractivity contribution in [2.45, 2.75) is 0 Å². The van der Waals surface area contributed by atoms with E-state index >= 15 is 0 Å².